The molecule has 17 heavy (non-hydrogen) atoms. The van der Waals surface area contributed by atoms with E-state index in [2.05, 4.69) is 40.3 Å². The molecular formula is C11H17N5S. The number of nitrogens with one attached hydrogen (secondary N) is 1. The SMILES string of the molecule is CCCn1nncc1C(NN)c1cscc1C. The maximum atomic E-state index is 5.67. The lowest BCUT2D eigenvalue weighted by atomic mass is 10.0. The molecule has 0 aromatic carbocycles. The molecule has 2 aromatic rings. The van der Waals surface area contributed by atoms with Crippen LogP contribution in [-0.2, 0) is 6.54 Å². The number of aryl methyl sites for hydroxylation is 2. The van der Waals surface area contributed by atoms with Crippen LogP contribution in [0.1, 0.15) is 36.2 Å². The quantitative estimate of drug-likeness (QED) is 0.626. The summed E-state index contributed by atoms with van der Waals surface area (Å²) in [7, 11) is 0. The van der Waals surface area contributed by atoms with Crippen molar-refractivity contribution < 1.29 is 0 Å². The second-order valence-corrected chi connectivity index (χ2v) is 4.74. The molecule has 0 fully saturated rings. The summed E-state index contributed by atoms with van der Waals surface area (Å²) >= 11 is 1.68. The first-order valence-electron chi connectivity index (χ1n) is 5.65. The zero-order chi connectivity index (χ0) is 12.3. The Bertz CT molecular complexity index is 476. The second kappa shape index (κ2) is 5.39. The second-order valence-electron chi connectivity index (χ2n) is 3.99. The summed E-state index contributed by atoms with van der Waals surface area (Å²) in [5, 5.41) is 12.3. The molecule has 92 valence electrons. The van der Waals surface area contributed by atoms with E-state index in [9.17, 15) is 0 Å². The number of hydrogen-bond donors (Lipinski definition) is 2. The monoisotopic (exact) mass is 251 g/mol. The summed E-state index contributed by atoms with van der Waals surface area (Å²) in [5.41, 5.74) is 6.29. The van der Waals surface area contributed by atoms with Gasteiger partial charge in [-0.05, 0) is 35.2 Å². The summed E-state index contributed by atoms with van der Waals surface area (Å²) in [5.74, 6) is 5.67. The molecule has 2 heterocycles. The highest BCUT2D eigenvalue weighted by Gasteiger charge is 2.19. The van der Waals surface area contributed by atoms with Gasteiger partial charge in [0.05, 0.1) is 17.9 Å². The van der Waals surface area contributed by atoms with Crippen molar-refractivity contribution in [3.8, 4) is 0 Å². The van der Waals surface area contributed by atoms with E-state index in [4.69, 9.17) is 5.84 Å². The first-order chi connectivity index (χ1) is 8.27. The van der Waals surface area contributed by atoms with Crippen LogP contribution in [0.3, 0.4) is 0 Å². The third-order valence-corrected chi connectivity index (χ3v) is 3.63. The molecule has 0 spiro atoms. The fourth-order valence-corrected chi connectivity index (χ4v) is 2.75. The molecule has 1 unspecified atom stereocenters. The van der Waals surface area contributed by atoms with E-state index in [1.165, 1.54) is 11.1 Å². The summed E-state index contributed by atoms with van der Waals surface area (Å²) in [6.07, 6.45) is 2.80. The Labute approximate surface area is 105 Å². The van der Waals surface area contributed by atoms with E-state index < -0.39 is 0 Å². The Hall–Kier alpha value is -1.24. The first kappa shape index (κ1) is 12.2. The molecule has 6 heteroatoms. The smallest absolute Gasteiger partial charge is 0.0905 e. The number of hydrazine groups is 1. The number of hydrogen-bond acceptors (Lipinski definition) is 5. The number of rotatable bonds is 5. The van der Waals surface area contributed by atoms with E-state index in [1.54, 1.807) is 17.5 Å². The number of thiophene rings is 1. The first-order valence-corrected chi connectivity index (χ1v) is 6.59. The molecule has 2 aromatic heterocycles. The van der Waals surface area contributed by atoms with E-state index in [0.29, 0.717) is 0 Å². The average molecular weight is 251 g/mol. The molecule has 0 aliphatic carbocycles. The van der Waals surface area contributed by atoms with Crippen LogP contribution >= 0.6 is 11.3 Å². The molecule has 3 N–H and O–H groups in total. The molecule has 5 nitrogen and oxygen atoms in total. The van der Waals surface area contributed by atoms with Gasteiger partial charge in [-0.1, -0.05) is 12.1 Å². The van der Waals surface area contributed by atoms with Crippen LogP contribution in [0.25, 0.3) is 0 Å². The minimum atomic E-state index is -0.0391. The molecule has 0 radical (unpaired) electrons. The molecule has 0 saturated heterocycles. The van der Waals surface area contributed by atoms with Gasteiger partial charge in [-0.25, -0.2) is 10.1 Å². The van der Waals surface area contributed by atoms with Crippen molar-refractivity contribution in [2.75, 3.05) is 0 Å². The maximum absolute atomic E-state index is 5.67. The number of aromatic nitrogens is 3. The van der Waals surface area contributed by atoms with Crippen molar-refractivity contribution in [3.05, 3.63) is 33.8 Å². The Balaban J connectivity index is 2.35. The van der Waals surface area contributed by atoms with Crippen LogP contribution in [0.2, 0.25) is 0 Å². The fourth-order valence-electron chi connectivity index (χ4n) is 1.88. The zero-order valence-corrected chi connectivity index (χ0v) is 10.9. The van der Waals surface area contributed by atoms with Gasteiger partial charge < -0.3 is 0 Å². The molecule has 2 rings (SSSR count). The van der Waals surface area contributed by atoms with Gasteiger partial charge in [0, 0.05) is 6.54 Å². The fraction of sp³-hybridized carbons (Fsp3) is 0.455. The highest BCUT2D eigenvalue weighted by molar-refractivity contribution is 7.08. The maximum Gasteiger partial charge on any atom is 0.0905 e. The van der Waals surface area contributed by atoms with Crippen molar-refractivity contribution in [1.82, 2.24) is 20.4 Å². The third kappa shape index (κ3) is 2.38. The molecule has 0 bridgehead atoms. The Morgan fingerprint density at radius 2 is 2.35 bits per heavy atom. The van der Waals surface area contributed by atoms with Crippen LogP contribution < -0.4 is 11.3 Å². The highest BCUT2D eigenvalue weighted by atomic mass is 32.1. The number of nitrogens with two attached hydrogens (primary N) is 1. The highest BCUT2D eigenvalue weighted by Crippen LogP contribution is 2.26. The predicted molar refractivity (Wildman–Crippen MR) is 68.5 cm³/mol. The van der Waals surface area contributed by atoms with Crippen LogP contribution in [0.15, 0.2) is 17.0 Å². The third-order valence-electron chi connectivity index (χ3n) is 2.75. The van der Waals surface area contributed by atoms with E-state index >= 15 is 0 Å². The van der Waals surface area contributed by atoms with Gasteiger partial charge in [-0.15, -0.1) is 5.10 Å². The van der Waals surface area contributed by atoms with Gasteiger partial charge in [0.1, 0.15) is 0 Å². The lowest BCUT2D eigenvalue weighted by Gasteiger charge is -2.16. The Morgan fingerprint density at radius 3 is 2.94 bits per heavy atom. The van der Waals surface area contributed by atoms with Crippen LogP contribution in [0, 0.1) is 6.92 Å². The van der Waals surface area contributed by atoms with E-state index in [-0.39, 0.29) is 6.04 Å². The van der Waals surface area contributed by atoms with Gasteiger partial charge in [0.2, 0.25) is 0 Å². The molecule has 0 saturated carbocycles. The molecule has 1 atom stereocenters. The van der Waals surface area contributed by atoms with Crippen molar-refractivity contribution in [3.63, 3.8) is 0 Å². The van der Waals surface area contributed by atoms with E-state index in [1.807, 2.05) is 4.68 Å². The topological polar surface area (TPSA) is 68.8 Å². The van der Waals surface area contributed by atoms with Crippen LogP contribution in [0.4, 0.5) is 0 Å². The normalized spacial score (nSPS) is 12.9. The molecule has 0 aliphatic heterocycles. The molecule has 0 amide bonds. The summed E-state index contributed by atoms with van der Waals surface area (Å²) in [4.78, 5) is 0. The minimum Gasteiger partial charge on any atom is -0.271 e. The largest absolute Gasteiger partial charge is 0.271 e. The lowest BCUT2D eigenvalue weighted by molar-refractivity contribution is 0.511. The lowest BCUT2D eigenvalue weighted by Crippen LogP contribution is -2.31. The van der Waals surface area contributed by atoms with Gasteiger partial charge in [-0.3, -0.25) is 5.84 Å². The van der Waals surface area contributed by atoms with Crippen LogP contribution in [0.5, 0.6) is 0 Å². The van der Waals surface area contributed by atoms with Gasteiger partial charge in [-0.2, -0.15) is 11.3 Å². The molecule has 0 aliphatic rings. The molecular weight excluding hydrogens is 234 g/mol. The zero-order valence-electron chi connectivity index (χ0n) is 10.1. The predicted octanol–water partition coefficient (Wildman–Crippen LogP) is 1.61. The standard InChI is InChI=1S/C11H17N5S/c1-3-4-16-10(5-13-15-16)11(14-12)9-7-17-6-8(9)2/h5-7,11,14H,3-4,12H2,1-2H3. The van der Waals surface area contributed by atoms with Crippen molar-refractivity contribution in [2.24, 2.45) is 5.84 Å². The van der Waals surface area contributed by atoms with Gasteiger partial charge in [0.15, 0.2) is 0 Å². The van der Waals surface area contributed by atoms with Gasteiger partial charge >= 0.3 is 0 Å². The Morgan fingerprint density at radius 1 is 1.53 bits per heavy atom. The van der Waals surface area contributed by atoms with Crippen molar-refractivity contribution in [1.29, 1.82) is 0 Å². The number of nitrogens with zero attached hydrogens (tertiary/aromatic N) is 3. The Kier molecular flexibility index (Phi) is 3.88. The summed E-state index contributed by atoms with van der Waals surface area (Å²) in [6.45, 7) is 5.06. The van der Waals surface area contributed by atoms with Crippen molar-refractivity contribution >= 4 is 11.3 Å². The van der Waals surface area contributed by atoms with E-state index in [0.717, 1.165) is 18.7 Å². The minimum absolute atomic E-state index is 0.0391. The van der Waals surface area contributed by atoms with Gasteiger partial charge in [0.25, 0.3) is 0 Å². The van der Waals surface area contributed by atoms with Crippen LogP contribution in [-0.4, -0.2) is 15.0 Å². The summed E-state index contributed by atoms with van der Waals surface area (Å²) < 4.78 is 1.90. The summed E-state index contributed by atoms with van der Waals surface area (Å²) in [6, 6.07) is -0.0391. The van der Waals surface area contributed by atoms with Crippen molar-refractivity contribution in [2.45, 2.75) is 32.9 Å². The average Bonchev–Trinajstić information content (AvgIpc) is 2.92.